The fraction of sp³-hybridized carbons (Fsp3) is 0.630. The maximum Gasteiger partial charge on any atom is 0.259 e. The van der Waals surface area contributed by atoms with E-state index in [-0.39, 0.29) is 24.1 Å². The molecule has 1 unspecified atom stereocenters. The molecule has 34 heavy (non-hydrogen) atoms. The van der Waals surface area contributed by atoms with Gasteiger partial charge in [0.05, 0.1) is 18.4 Å². The van der Waals surface area contributed by atoms with Gasteiger partial charge >= 0.3 is 0 Å². The molecule has 1 aliphatic carbocycles. The average molecular weight is 478 g/mol. The van der Waals surface area contributed by atoms with Gasteiger partial charge in [0.1, 0.15) is 11.6 Å². The third-order valence-electron chi connectivity index (χ3n) is 6.28. The zero-order chi connectivity index (χ0) is 25.1. The van der Waals surface area contributed by atoms with Crippen LogP contribution < -0.4 is 10.1 Å². The molecule has 0 heterocycles. The average Bonchev–Trinajstić information content (AvgIpc) is 2.77. The summed E-state index contributed by atoms with van der Waals surface area (Å²) in [5, 5.41) is 3.29. The van der Waals surface area contributed by atoms with E-state index in [1.54, 1.807) is 19.9 Å². The molecule has 0 aliphatic heterocycles. The van der Waals surface area contributed by atoms with E-state index >= 15 is 0 Å². The zero-order valence-corrected chi connectivity index (χ0v) is 21.4. The smallest absolute Gasteiger partial charge is 0.259 e. The summed E-state index contributed by atoms with van der Waals surface area (Å²) in [4.78, 5) is 19.1. The molecule has 190 valence electrons. The number of halogens is 2. The summed E-state index contributed by atoms with van der Waals surface area (Å²) in [6.45, 7) is 10.8. The molecule has 1 N–H and O–H groups in total. The molecule has 7 heteroatoms. The summed E-state index contributed by atoms with van der Waals surface area (Å²) in [6, 6.07) is 4.64. The highest BCUT2D eigenvalue weighted by molar-refractivity contribution is 6.02. The monoisotopic (exact) mass is 477 g/mol. The van der Waals surface area contributed by atoms with Crippen molar-refractivity contribution in [3.8, 4) is 5.75 Å². The summed E-state index contributed by atoms with van der Waals surface area (Å²) in [6.07, 6.45) is 4.76. The van der Waals surface area contributed by atoms with Crippen molar-refractivity contribution < 1.29 is 18.3 Å². The lowest BCUT2D eigenvalue weighted by Gasteiger charge is -2.36. The number of carbonyl (C=O) groups excluding carboxylic acids is 1. The first kappa shape index (κ1) is 27.8. The number of alkyl halides is 2. The van der Waals surface area contributed by atoms with Gasteiger partial charge in [0.15, 0.2) is 0 Å². The van der Waals surface area contributed by atoms with Crippen LogP contribution in [0, 0.1) is 5.92 Å². The molecule has 0 aromatic heterocycles. The Kier molecular flexibility index (Phi) is 11.5. The van der Waals surface area contributed by atoms with Crippen molar-refractivity contribution in [3.05, 3.63) is 35.7 Å². The quantitative estimate of drug-likeness (QED) is 0.231. The Morgan fingerprint density at radius 1 is 1.26 bits per heavy atom. The molecule has 1 fully saturated rings. The first-order chi connectivity index (χ1) is 16.4. The summed E-state index contributed by atoms with van der Waals surface area (Å²) in [5.41, 5.74) is 2.36. The summed E-state index contributed by atoms with van der Waals surface area (Å²) >= 11 is 0. The Morgan fingerprint density at radius 2 is 2.00 bits per heavy atom. The molecule has 1 saturated carbocycles. The number of hydrogen-bond acceptors (Lipinski definition) is 4. The van der Waals surface area contributed by atoms with E-state index in [0.29, 0.717) is 18.1 Å². The predicted octanol–water partition coefficient (Wildman–Crippen LogP) is 7.03. The van der Waals surface area contributed by atoms with Gasteiger partial charge in [-0.25, -0.2) is 13.8 Å². The van der Waals surface area contributed by atoms with Gasteiger partial charge < -0.3 is 10.1 Å². The molecule has 0 radical (unpaired) electrons. The number of hydrogen-bond donors (Lipinski definition) is 1. The Balaban J connectivity index is 2.41. The highest BCUT2D eigenvalue weighted by Crippen LogP contribution is 2.33. The topological polar surface area (TPSA) is 53.9 Å². The van der Waals surface area contributed by atoms with Crippen molar-refractivity contribution in [2.45, 2.75) is 92.0 Å². The Morgan fingerprint density at radius 3 is 2.53 bits per heavy atom. The molecular formula is C27H41F2N3O2. The molecule has 2 rings (SSSR count). The maximum absolute atomic E-state index is 13.9. The van der Waals surface area contributed by atoms with Crippen molar-refractivity contribution >= 4 is 17.3 Å². The number of nitrogens with zero attached hydrogens (tertiary/aromatic N) is 2. The third kappa shape index (κ3) is 7.28. The minimum Gasteiger partial charge on any atom is -0.493 e. The number of carbonyl (C=O) groups is 1. The molecule has 0 bridgehead atoms. The molecule has 0 saturated heterocycles. The van der Waals surface area contributed by atoms with Crippen molar-refractivity contribution in [1.29, 1.82) is 0 Å². The minimum atomic E-state index is -2.64. The number of allylic oxidation sites excluding steroid dienone is 1. The van der Waals surface area contributed by atoms with E-state index in [1.807, 2.05) is 32.0 Å². The number of ether oxygens (including phenoxy) is 1. The molecule has 1 aromatic carbocycles. The summed E-state index contributed by atoms with van der Waals surface area (Å²) in [5.74, 6) is 0.523. The van der Waals surface area contributed by atoms with E-state index in [1.165, 1.54) is 4.90 Å². The van der Waals surface area contributed by atoms with Crippen LogP contribution in [-0.2, 0) is 4.79 Å². The SMILES string of the molecule is C/C=C(\N=C(/C)c1ccc(NCC)cc1OCCCCC)N(C(=O)C1CCC1)C(CC)C(F)F. The van der Waals surface area contributed by atoms with Crippen molar-refractivity contribution in [2.75, 3.05) is 18.5 Å². The number of anilines is 1. The van der Waals surface area contributed by atoms with Crippen LogP contribution in [0.1, 0.15) is 85.1 Å². The summed E-state index contributed by atoms with van der Waals surface area (Å²) in [7, 11) is 0. The van der Waals surface area contributed by atoms with Gasteiger partial charge in [-0.1, -0.05) is 33.1 Å². The molecular weight excluding hydrogens is 436 g/mol. The second kappa shape index (κ2) is 14.1. The minimum absolute atomic E-state index is 0.158. The Labute approximate surface area is 203 Å². The van der Waals surface area contributed by atoms with Gasteiger partial charge in [0.2, 0.25) is 5.91 Å². The lowest BCUT2D eigenvalue weighted by atomic mass is 9.84. The van der Waals surface area contributed by atoms with E-state index in [2.05, 4.69) is 12.2 Å². The van der Waals surface area contributed by atoms with Crippen LogP contribution in [0.25, 0.3) is 0 Å². The number of aliphatic imine (C=N–C) groups is 1. The van der Waals surface area contributed by atoms with Crippen molar-refractivity contribution in [1.82, 2.24) is 4.90 Å². The molecule has 0 spiro atoms. The summed E-state index contributed by atoms with van der Waals surface area (Å²) < 4.78 is 34.0. The highest BCUT2D eigenvalue weighted by atomic mass is 19.3. The fourth-order valence-corrected chi connectivity index (χ4v) is 4.05. The van der Waals surface area contributed by atoms with Gasteiger partial charge in [0.25, 0.3) is 6.43 Å². The lowest BCUT2D eigenvalue weighted by molar-refractivity contribution is -0.141. The van der Waals surface area contributed by atoms with Gasteiger partial charge in [-0.15, -0.1) is 0 Å². The van der Waals surface area contributed by atoms with Crippen molar-refractivity contribution in [3.63, 3.8) is 0 Å². The number of amides is 1. The molecule has 1 aliphatic rings. The van der Waals surface area contributed by atoms with E-state index in [0.717, 1.165) is 56.3 Å². The number of nitrogens with one attached hydrogen (secondary N) is 1. The van der Waals surface area contributed by atoms with Crippen molar-refractivity contribution in [2.24, 2.45) is 10.9 Å². The van der Waals surface area contributed by atoms with Crippen LogP contribution in [0.5, 0.6) is 5.75 Å². The first-order valence-electron chi connectivity index (χ1n) is 12.7. The standard InChI is InChI=1S/C27H41F2N3O2/c1-6-10-11-17-34-24-18-21(30-9-4)15-16-22(24)19(5)31-25(8-3)32(23(7-2)26(28)29)27(33)20-13-12-14-20/h8,15-16,18,20,23,26,30H,6-7,9-14,17H2,1-5H3/b25-8+,31-19+. The van der Waals surface area contributed by atoms with E-state index < -0.39 is 12.5 Å². The predicted molar refractivity (Wildman–Crippen MR) is 136 cm³/mol. The van der Waals surface area contributed by atoms with Gasteiger partial charge in [-0.3, -0.25) is 9.69 Å². The van der Waals surface area contributed by atoms with Crippen LogP contribution >= 0.6 is 0 Å². The Hall–Kier alpha value is -2.44. The van der Waals surface area contributed by atoms with Crippen LogP contribution in [0.2, 0.25) is 0 Å². The van der Waals surface area contributed by atoms with Gasteiger partial charge in [-0.2, -0.15) is 0 Å². The van der Waals surface area contributed by atoms with E-state index in [9.17, 15) is 13.6 Å². The van der Waals surface area contributed by atoms with Crippen LogP contribution in [0.15, 0.2) is 35.1 Å². The molecule has 1 amide bonds. The molecule has 5 nitrogen and oxygen atoms in total. The Bertz CT molecular complexity index is 850. The van der Waals surface area contributed by atoms with Crippen LogP contribution in [0.3, 0.4) is 0 Å². The second-order valence-electron chi connectivity index (χ2n) is 8.79. The normalized spacial score (nSPS) is 15.8. The third-order valence-corrected chi connectivity index (χ3v) is 6.28. The van der Waals surface area contributed by atoms with Crippen LogP contribution in [0.4, 0.5) is 14.5 Å². The number of rotatable bonds is 14. The highest BCUT2D eigenvalue weighted by Gasteiger charge is 2.38. The zero-order valence-electron chi connectivity index (χ0n) is 21.4. The second-order valence-corrected chi connectivity index (χ2v) is 8.79. The molecule has 1 atom stereocenters. The first-order valence-corrected chi connectivity index (χ1v) is 12.7. The molecule has 1 aromatic rings. The van der Waals surface area contributed by atoms with Gasteiger partial charge in [-0.05, 0) is 64.7 Å². The maximum atomic E-state index is 13.9. The van der Waals surface area contributed by atoms with Crippen LogP contribution in [-0.4, -0.2) is 42.1 Å². The number of unbranched alkanes of at least 4 members (excludes halogenated alkanes) is 2. The number of benzene rings is 1. The van der Waals surface area contributed by atoms with Gasteiger partial charge in [0, 0.05) is 29.8 Å². The largest absolute Gasteiger partial charge is 0.493 e. The fourth-order valence-electron chi connectivity index (χ4n) is 4.05. The van der Waals surface area contributed by atoms with E-state index in [4.69, 9.17) is 9.73 Å². The lowest BCUT2D eigenvalue weighted by Crippen LogP contribution is -2.47.